The van der Waals surface area contributed by atoms with Crippen LogP contribution in [0.3, 0.4) is 0 Å². The Morgan fingerprint density at radius 1 is 1.40 bits per heavy atom. The van der Waals surface area contributed by atoms with Crippen LogP contribution in [0.5, 0.6) is 0 Å². The Morgan fingerprint density at radius 2 is 2.20 bits per heavy atom. The third-order valence-electron chi connectivity index (χ3n) is 3.44. The van der Waals surface area contributed by atoms with E-state index in [2.05, 4.69) is 41.7 Å². The monoisotopic (exact) mass is 291 g/mol. The number of hydrogen-bond acceptors (Lipinski definition) is 2. The van der Waals surface area contributed by atoms with Gasteiger partial charge in [-0.05, 0) is 49.1 Å². The van der Waals surface area contributed by atoms with Crippen LogP contribution >= 0.6 is 11.6 Å². The summed E-state index contributed by atoms with van der Waals surface area (Å²) in [4.78, 5) is 0. The van der Waals surface area contributed by atoms with Gasteiger partial charge in [0.15, 0.2) is 0 Å². The Balaban J connectivity index is 2.19. The van der Waals surface area contributed by atoms with Gasteiger partial charge in [0.25, 0.3) is 0 Å². The Morgan fingerprint density at radius 3 is 2.80 bits per heavy atom. The standard InChI is InChI=1S/C16H22ClN3/c1-4-7-18-16(8-13-10-19-20(3)11-13)14-6-5-12(2)15(17)9-14/h5-6,9-11,16,18H,4,7-8H2,1-3H3. The SMILES string of the molecule is CCCNC(Cc1cnn(C)c1)c1ccc(C)c(Cl)c1. The average Bonchev–Trinajstić information content (AvgIpc) is 2.83. The second kappa shape index (κ2) is 6.91. The normalized spacial score (nSPS) is 12.6. The van der Waals surface area contributed by atoms with E-state index in [1.54, 1.807) is 0 Å². The first kappa shape index (κ1) is 15.1. The van der Waals surface area contributed by atoms with Gasteiger partial charge in [-0.2, -0.15) is 5.10 Å². The van der Waals surface area contributed by atoms with Crippen LogP contribution in [0.25, 0.3) is 0 Å². The largest absolute Gasteiger partial charge is 0.310 e. The first-order chi connectivity index (χ1) is 9.60. The number of aryl methyl sites for hydroxylation is 2. The summed E-state index contributed by atoms with van der Waals surface area (Å²) in [6.45, 7) is 5.20. The van der Waals surface area contributed by atoms with Gasteiger partial charge in [0.05, 0.1) is 6.20 Å². The molecule has 0 aliphatic rings. The molecule has 0 saturated heterocycles. The first-order valence-electron chi connectivity index (χ1n) is 7.07. The molecule has 0 spiro atoms. The van der Waals surface area contributed by atoms with E-state index in [0.717, 1.165) is 30.0 Å². The number of nitrogens with one attached hydrogen (secondary N) is 1. The molecule has 1 aromatic heterocycles. The minimum Gasteiger partial charge on any atom is -0.310 e. The average molecular weight is 292 g/mol. The lowest BCUT2D eigenvalue weighted by atomic mass is 9.99. The summed E-state index contributed by atoms with van der Waals surface area (Å²) in [6.07, 6.45) is 6.03. The Hall–Kier alpha value is -1.32. The van der Waals surface area contributed by atoms with Crippen LogP contribution in [-0.2, 0) is 13.5 Å². The van der Waals surface area contributed by atoms with Crippen molar-refractivity contribution < 1.29 is 0 Å². The van der Waals surface area contributed by atoms with Gasteiger partial charge in [0, 0.05) is 24.3 Å². The maximum Gasteiger partial charge on any atom is 0.0522 e. The van der Waals surface area contributed by atoms with Crippen LogP contribution < -0.4 is 5.32 Å². The van der Waals surface area contributed by atoms with Crippen molar-refractivity contribution in [3.8, 4) is 0 Å². The van der Waals surface area contributed by atoms with Crippen molar-refractivity contribution in [3.63, 3.8) is 0 Å². The third kappa shape index (κ3) is 3.84. The van der Waals surface area contributed by atoms with Crippen molar-refractivity contribution in [1.29, 1.82) is 0 Å². The smallest absolute Gasteiger partial charge is 0.0522 e. The summed E-state index contributed by atoms with van der Waals surface area (Å²) < 4.78 is 1.84. The Kier molecular flexibility index (Phi) is 5.21. The highest BCUT2D eigenvalue weighted by atomic mass is 35.5. The Labute approximate surface area is 126 Å². The number of nitrogens with zero attached hydrogens (tertiary/aromatic N) is 2. The van der Waals surface area contributed by atoms with Gasteiger partial charge in [0.2, 0.25) is 0 Å². The molecule has 0 saturated carbocycles. The zero-order valence-corrected chi connectivity index (χ0v) is 13.1. The van der Waals surface area contributed by atoms with Crippen LogP contribution in [0.4, 0.5) is 0 Å². The molecule has 108 valence electrons. The van der Waals surface area contributed by atoms with E-state index in [4.69, 9.17) is 11.6 Å². The predicted octanol–water partition coefficient (Wildman–Crippen LogP) is 3.67. The number of aromatic nitrogens is 2. The summed E-state index contributed by atoms with van der Waals surface area (Å²) in [7, 11) is 1.95. The lowest BCUT2D eigenvalue weighted by Crippen LogP contribution is -2.24. The quantitative estimate of drug-likeness (QED) is 0.880. The fraction of sp³-hybridized carbons (Fsp3) is 0.438. The number of rotatable bonds is 6. The molecule has 1 unspecified atom stereocenters. The highest BCUT2D eigenvalue weighted by Crippen LogP contribution is 2.24. The molecular weight excluding hydrogens is 270 g/mol. The second-order valence-corrected chi connectivity index (χ2v) is 5.65. The van der Waals surface area contributed by atoms with Crippen molar-refractivity contribution in [2.75, 3.05) is 6.54 Å². The molecule has 1 N–H and O–H groups in total. The van der Waals surface area contributed by atoms with E-state index in [1.165, 1.54) is 11.1 Å². The fourth-order valence-electron chi connectivity index (χ4n) is 2.27. The number of halogens is 1. The van der Waals surface area contributed by atoms with Crippen molar-refractivity contribution in [1.82, 2.24) is 15.1 Å². The molecule has 0 aliphatic heterocycles. The molecule has 2 rings (SSSR count). The number of benzene rings is 1. The molecule has 2 aromatic rings. The molecule has 0 aliphatic carbocycles. The van der Waals surface area contributed by atoms with Gasteiger partial charge in [-0.25, -0.2) is 0 Å². The minimum absolute atomic E-state index is 0.275. The third-order valence-corrected chi connectivity index (χ3v) is 3.84. The summed E-state index contributed by atoms with van der Waals surface area (Å²) in [6, 6.07) is 6.59. The predicted molar refractivity (Wildman–Crippen MR) is 84.1 cm³/mol. The van der Waals surface area contributed by atoms with E-state index in [0.29, 0.717) is 0 Å². The van der Waals surface area contributed by atoms with Crippen LogP contribution in [0.1, 0.15) is 36.1 Å². The zero-order chi connectivity index (χ0) is 14.5. The van der Waals surface area contributed by atoms with E-state index >= 15 is 0 Å². The lowest BCUT2D eigenvalue weighted by Gasteiger charge is -2.19. The van der Waals surface area contributed by atoms with E-state index < -0.39 is 0 Å². The minimum atomic E-state index is 0.275. The Bertz CT molecular complexity index is 563. The van der Waals surface area contributed by atoms with E-state index in [9.17, 15) is 0 Å². The molecule has 1 aromatic carbocycles. The molecule has 0 fully saturated rings. The highest BCUT2D eigenvalue weighted by Gasteiger charge is 2.13. The van der Waals surface area contributed by atoms with Gasteiger partial charge in [-0.15, -0.1) is 0 Å². The van der Waals surface area contributed by atoms with Crippen LogP contribution in [-0.4, -0.2) is 16.3 Å². The van der Waals surface area contributed by atoms with Gasteiger partial charge in [-0.1, -0.05) is 30.7 Å². The van der Waals surface area contributed by atoms with Crippen molar-refractivity contribution >= 4 is 11.6 Å². The van der Waals surface area contributed by atoms with Crippen molar-refractivity contribution in [3.05, 3.63) is 52.3 Å². The molecule has 0 radical (unpaired) electrons. The fourth-order valence-corrected chi connectivity index (χ4v) is 2.45. The molecule has 1 heterocycles. The summed E-state index contributed by atoms with van der Waals surface area (Å²) in [5.74, 6) is 0. The van der Waals surface area contributed by atoms with Crippen molar-refractivity contribution in [2.24, 2.45) is 7.05 Å². The lowest BCUT2D eigenvalue weighted by molar-refractivity contribution is 0.529. The zero-order valence-electron chi connectivity index (χ0n) is 12.4. The molecule has 20 heavy (non-hydrogen) atoms. The molecule has 1 atom stereocenters. The molecule has 0 amide bonds. The second-order valence-electron chi connectivity index (χ2n) is 5.24. The van der Waals surface area contributed by atoms with Gasteiger partial charge >= 0.3 is 0 Å². The van der Waals surface area contributed by atoms with Crippen LogP contribution in [0.15, 0.2) is 30.6 Å². The summed E-state index contributed by atoms with van der Waals surface area (Å²) >= 11 is 6.25. The summed E-state index contributed by atoms with van der Waals surface area (Å²) in [5.41, 5.74) is 3.58. The van der Waals surface area contributed by atoms with Gasteiger partial charge in [0.1, 0.15) is 0 Å². The van der Waals surface area contributed by atoms with Crippen LogP contribution in [0.2, 0.25) is 5.02 Å². The van der Waals surface area contributed by atoms with E-state index in [-0.39, 0.29) is 6.04 Å². The molecule has 4 heteroatoms. The van der Waals surface area contributed by atoms with Crippen LogP contribution in [0, 0.1) is 6.92 Å². The molecule has 0 bridgehead atoms. The first-order valence-corrected chi connectivity index (χ1v) is 7.45. The number of hydrogen-bond donors (Lipinski definition) is 1. The topological polar surface area (TPSA) is 29.9 Å². The molecular formula is C16H22ClN3. The maximum atomic E-state index is 6.25. The molecule has 3 nitrogen and oxygen atoms in total. The summed E-state index contributed by atoms with van der Waals surface area (Å²) in [5, 5.41) is 8.66. The van der Waals surface area contributed by atoms with E-state index in [1.807, 2.05) is 24.9 Å². The van der Waals surface area contributed by atoms with Crippen molar-refractivity contribution in [2.45, 2.75) is 32.7 Å². The maximum absolute atomic E-state index is 6.25. The van der Waals surface area contributed by atoms with Gasteiger partial charge in [-0.3, -0.25) is 4.68 Å². The van der Waals surface area contributed by atoms with Gasteiger partial charge < -0.3 is 5.32 Å². The highest BCUT2D eigenvalue weighted by molar-refractivity contribution is 6.31.